The normalized spacial score (nSPS) is 21.8. The number of hydrogen-bond acceptors (Lipinski definition) is 7. The highest BCUT2D eigenvalue weighted by molar-refractivity contribution is 5.76. The monoisotopic (exact) mass is 345 g/mol. The van der Waals surface area contributed by atoms with Gasteiger partial charge in [0.1, 0.15) is 18.7 Å². The summed E-state index contributed by atoms with van der Waals surface area (Å²) in [7, 11) is 3.25. The molecule has 1 heterocycles. The van der Waals surface area contributed by atoms with Crippen LogP contribution in [0, 0.1) is 0 Å². The largest absolute Gasteiger partial charge is 0.481 e. The van der Waals surface area contributed by atoms with Gasteiger partial charge in [0.25, 0.3) is 0 Å². The number of quaternary nitrogens is 1. The van der Waals surface area contributed by atoms with Crippen molar-refractivity contribution in [3.63, 3.8) is 0 Å². The third-order valence-corrected chi connectivity index (χ3v) is 3.71. The SMILES string of the molecule is CC(=O)OC1CNC(C(=O)[N+](C)(C)CC(CC(=O)O)OC(C)=O)C1. The Kier molecular flexibility index (Phi) is 6.85. The Bertz CT molecular complexity index is 502. The van der Waals surface area contributed by atoms with Gasteiger partial charge < -0.3 is 14.6 Å². The lowest BCUT2D eigenvalue weighted by atomic mass is 10.1. The Morgan fingerprint density at radius 3 is 2.33 bits per heavy atom. The molecule has 3 atom stereocenters. The average molecular weight is 345 g/mol. The van der Waals surface area contributed by atoms with E-state index in [0.29, 0.717) is 13.0 Å². The van der Waals surface area contributed by atoms with Gasteiger partial charge in [0.05, 0.1) is 20.5 Å². The second kappa shape index (κ2) is 8.20. The molecule has 0 spiro atoms. The zero-order valence-electron chi connectivity index (χ0n) is 14.4. The standard InChI is InChI=1S/C15H24N2O7/c1-9(18)23-11-5-13(16-7-11)15(22)17(3,4)8-12(6-14(20)21)24-10(2)19/h11-13,16H,5-8H2,1-4H3/p+1. The smallest absolute Gasteiger partial charge is 0.330 e. The van der Waals surface area contributed by atoms with Crippen molar-refractivity contribution in [1.29, 1.82) is 0 Å². The summed E-state index contributed by atoms with van der Waals surface area (Å²) in [5.74, 6) is -2.29. The van der Waals surface area contributed by atoms with Crippen LogP contribution in [-0.2, 0) is 28.7 Å². The van der Waals surface area contributed by atoms with Crippen LogP contribution in [0.15, 0.2) is 0 Å². The zero-order chi connectivity index (χ0) is 18.5. The Morgan fingerprint density at radius 1 is 1.21 bits per heavy atom. The van der Waals surface area contributed by atoms with Gasteiger partial charge in [0.2, 0.25) is 0 Å². The summed E-state index contributed by atoms with van der Waals surface area (Å²) in [5, 5.41) is 11.9. The maximum atomic E-state index is 12.7. The summed E-state index contributed by atoms with van der Waals surface area (Å²) in [6, 6.07) is -0.507. The molecular formula is C15H25N2O7+. The molecule has 0 aromatic carbocycles. The van der Waals surface area contributed by atoms with Crippen LogP contribution in [0.25, 0.3) is 0 Å². The minimum Gasteiger partial charge on any atom is -0.481 e. The molecule has 24 heavy (non-hydrogen) atoms. The second-order valence-electron chi connectivity index (χ2n) is 6.46. The second-order valence-corrected chi connectivity index (χ2v) is 6.46. The highest BCUT2D eigenvalue weighted by Gasteiger charge is 2.42. The molecule has 1 amide bonds. The molecule has 0 saturated carbocycles. The van der Waals surface area contributed by atoms with Gasteiger partial charge in [0, 0.05) is 26.8 Å². The summed E-state index contributed by atoms with van der Waals surface area (Å²) in [5.41, 5.74) is 0. The van der Waals surface area contributed by atoms with Gasteiger partial charge in [-0.2, -0.15) is 0 Å². The number of carbonyl (C=O) groups excluding carboxylic acids is 3. The van der Waals surface area contributed by atoms with E-state index in [1.54, 1.807) is 14.1 Å². The first-order valence-corrected chi connectivity index (χ1v) is 7.68. The third kappa shape index (κ3) is 6.25. The molecule has 0 aromatic heterocycles. The molecule has 136 valence electrons. The van der Waals surface area contributed by atoms with Gasteiger partial charge in [-0.05, 0) is 0 Å². The van der Waals surface area contributed by atoms with Crippen molar-refractivity contribution in [3.8, 4) is 0 Å². The number of nitrogens with zero attached hydrogens (tertiary/aromatic N) is 1. The van der Waals surface area contributed by atoms with Crippen LogP contribution in [0.5, 0.6) is 0 Å². The molecule has 0 aliphatic carbocycles. The van der Waals surface area contributed by atoms with Crippen LogP contribution in [-0.4, -0.2) is 78.8 Å². The number of amides is 1. The Hall–Kier alpha value is -2.00. The van der Waals surface area contributed by atoms with Crippen LogP contribution in [0.4, 0.5) is 0 Å². The van der Waals surface area contributed by atoms with Gasteiger partial charge in [-0.3, -0.25) is 24.2 Å². The van der Waals surface area contributed by atoms with Crippen molar-refractivity contribution in [3.05, 3.63) is 0 Å². The van der Waals surface area contributed by atoms with Crippen molar-refractivity contribution >= 4 is 23.8 Å². The Balaban J connectivity index is 2.71. The molecule has 3 unspecified atom stereocenters. The highest BCUT2D eigenvalue weighted by atomic mass is 16.5. The van der Waals surface area contributed by atoms with Crippen LogP contribution in [0.3, 0.4) is 0 Å². The topological polar surface area (TPSA) is 119 Å². The zero-order valence-corrected chi connectivity index (χ0v) is 14.4. The van der Waals surface area contributed by atoms with Gasteiger partial charge in [0.15, 0.2) is 6.10 Å². The first-order chi connectivity index (χ1) is 11.0. The Morgan fingerprint density at radius 2 is 1.83 bits per heavy atom. The molecule has 0 radical (unpaired) electrons. The van der Waals surface area contributed by atoms with Crippen LogP contribution >= 0.6 is 0 Å². The number of carboxylic acid groups (broad SMARTS) is 1. The van der Waals surface area contributed by atoms with E-state index < -0.39 is 30.1 Å². The van der Waals surface area contributed by atoms with Crippen LogP contribution in [0.2, 0.25) is 0 Å². The molecule has 1 aliphatic heterocycles. The van der Waals surface area contributed by atoms with Crippen molar-refractivity contribution in [2.75, 3.05) is 27.2 Å². The van der Waals surface area contributed by atoms with Crippen LogP contribution < -0.4 is 5.32 Å². The molecule has 0 aromatic rings. The molecule has 1 aliphatic rings. The van der Waals surface area contributed by atoms with E-state index >= 15 is 0 Å². The van der Waals surface area contributed by atoms with E-state index in [-0.39, 0.29) is 29.5 Å². The number of hydrogen-bond donors (Lipinski definition) is 2. The van der Waals surface area contributed by atoms with E-state index in [2.05, 4.69) is 5.32 Å². The number of carbonyl (C=O) groups is 4. The van der Waals surface area contributed by atoms with Crippen molar-refractivity contribution in [2.45, 2.75) is 44.9 Å². The number of carboxylic acids is 1. The minimum atomic E-state index is -1.11. The van der Waals surface area contributed by atoms with E-state index in [1.165, 1.54) is 13.8 Å². The number of nitrogens with one attached hydrogen (secondary N) is 1. The molecule has 9 nitrogen and oxygen atoms in total. The lowest BCUT2D eigenvalue weighted by Crippen LogP contribution is -2.56. The molecule has 1 rings (SSSR count). The molecular weight excluding hydrogens is 320 g/mol. The lowest BCUT2D eigenvalue weighted by molar-refractivity contribution is -0.818. The predicted octanol–water partition coefficient (Wildman–Crippen LogP) is -0.711. The number of ether oxygens (including phenoxy) is 2. The van der Waals surface area contributed by atoms with Crippen LogP contribution in [0.1, 0.15) is 26.7 Å². The van der Waals surface area contributed by atoms with E-state index in [4.69, 9.17) is 14.6 Å². The number of likely N-dealkylation sites (N-methyl/N-ethyl adjacent to an activating group) is 1. The number of rotatable bonds is 7. The van der Waals surface area contributed by atoms with E-state index in [0.717, 1.165) is 0 Å². The summed E-state index contributed by atoms with van der Waals surface area (Å²) in [4.78, 5) is 45.7. The van der Waals surface area contributed by atoms with E-state index in [9.17, 15) is 19.2 Å². The lowest BCUT2D eigenvalue weighted by Gasteiger charge is -2.32. The number of esters is 2. The van der Waals surface area contributed by atoms with Crippen molar-refractivity contribution < 1.29 is 38.2 Å². The molecule has 2 N–H and O–H groups in total. The predicted molar refractivity (Wildman–Crippen MR) is 81.8 cm³/mol. The fourth-order valence-electron chi connectivity index (χ4n) is 2.81. The van der Waals surface area contributed by atoms with Crippen molar-refractivity contribution in [1.82, 2.24) is 5.32 Å². The summed E-state index contributed by atoms with van der Waals surface area (Å²) >= 11 is 0. The van der Waals surface area contributed by atoms with Gasteiger partial charge in [-0.25, -0.2) is 4.79 Å². The Labute approximate surface area is 140 Å². The molecule has 0 bridgehead atoms. The maximum absolute atomic E-state index is 12.7. The third-order valence-electron chi connectivity index (χ3n) is 3.71. The van der Waals surface area contributed by atoms with Crippen molar-refractivity contribution in [2.24, 2.45) is 0 Å². The fraction of sp³-hybridized carbons (Fsp3) is 0.733. The first kappa shape index (κ1) is 20.0. The van der Waals surface area contributed by atoms with Gasteiger partial charge in [-0.15, -0.1) is 0 Å². The van der Waals surface area contributed by atoms with Gasteiger partial charge >= 0.3 is 23.8 Å². The fourth-order valence-corrected chi connectivity index (χ4v) is 2.81. The number of aliphatic carboxylic acids is 1. The quantitative estimate of drug-likeness (QED) is 0.459. The highest BCUT2D eigenvalue weighted by Crippen LogP contribution is 2.17. The maximum Gasteiger partial charge on any atom is 0.330 e. The summed E-state index contributed by atoms with van der Waals surface area (Å²) < 4.78 is 9.93. The van der Waals surface area contributed by atoms with Gasteiger partial charge in [-0.1, -0.05) is 0 Å². The first-order valence-electron chi connectivity index (χ1n) is 7.68. The molecule has 9 heteroatoms. The molecule has 1 fully saturated rings. The summed E-state index contributed by atoms with van der Waals surface area (Å²) in [6.07, 6.45) is -1.27. The molecule has 1 saturated heterocycles. The van der Waals surface area contributed by atoms with E-state index in [1.807, 2.05) is 0 Å². The summed E-state index contributed by atoms with van der Waals surface area (Å²) in [6.45, 7) is 2.93. The average Bonchev–Trinajstić information content (AvgIpc) is 2.82. The minimum absolute atomic E-state index is 0.0428.